The van der Waals surface area contributed by atoms with Gasteiger partial charge >= 0.3 is 6.03 Å². The molecular formula is C22H24N4O3. The van der Waals surface area contributed by atoms with Crippen molar-refractivity contribution < 1.29 is 14.1 Å². The fourth-order valence-corrected chi connectivity index (χ4v) is 3.58. The highest BCUT2D eigenvalue weighted by molar-refractivity contribution is 5.91. The Labute approximate surface area is 169 Å². The third-order valence-electron chi connectivity index (χ3n) is 4.95. The van der Waals surface area contributed by atoms with Crippen LogP contribution < -0.4 is 10.1 Å². The zero-order valence-corrected chi connectivity index (χ0v) is 16.6. The number of urea groups is 1. The summed E-state index contributed by atoms with van der Waals surface area (Å²) >= 11 is 0. The molecule has 1 aliphatic rings. The van der Waals surface area contributed by atoms with Crippen LogP contribution in [0.2, 0.25) is 0 Å². The van der Waals surface area contributed by atoms with E-state index < -0.39 is 0 Å². The quantitative estimate of drug-likeness (QED) is 0.674. The van der Waals surface area contributed by atoms with E-state index >= 15 is 0 Å². The standard InChI is InChI=1S/C22H24N4O3/c1-3-28-19-12-5-4-10-17(19)23-22(27)26-13-7-11-18(26)21-24-20(25-29-21)16-9-6-8-15(2)14-16/h4-6,8-10,12,14,18H,3,7,11,13H2,1-2H3,(H,23,27). The molecule has 1 saturated heterocycles. The number of anilines is 1. The van der Waals surface area contributed by atoms with E-state index in [-0.39, 0.29) is 12.1 Å². The smallest absolute Gasteiger partial charge is 0.322 e. The lowest BCUT2D eigenvalue weighted by Gasteiger charge is -2.23. The van der Waals surface area contributed by atoms with E-state index in [0.29, 0.717) is 36.3 Å². The minimum absolute atomic E-state index is 0.199. The van der Waals surface area contributed by atoms with Crippen molar-refractivity contribution in [3.05, 3.63) is 60.0 Å². The summed E-state index contributed by atoms with van der Waals surface area (Å²) in [6.45, 7) is 5.10. The number of ether oxygens (including phenoxy) is 1. The average molecular weight is 392 g/mol. The topological polar surface area (TPSA) is 80.5 Å². The van der Waals surface area contributed by atoms with Gasteiger partial charge in [0.15, 0.2) is 0 Å². The molecule has 2 amide bonds. The number of para-hydroxylation sites is 2. The van der Waals surface area contributed by atoms with Crippen LogP contribution in [0.5, 0.6) is 5.75 Å². The molecule has 0 saturated carbocycles. The summed E-state index contributed by atoms with van der Waals surface area (Å²) in [5, 5.41) is 7.08. The van der Waals surface area contributed by atoms with Gasteiger partial charge in [-0.05, 0) is 44.9 Å². The van der Waals surface area contributed by atoms with Crippen LogP contribution in [-0.4, -0.2) is 34.2 Å². The molecule has 1 N–H and O–H groups in total. The second kappa shape index (κ2) is 8.34. The number of hydrogen-bond donors (Lipinski definition) is 1. The zero-order valence-electron chi connectivity index (χ0n) is 16.6. The molecule has 150 valence electrons. The third kappa shape index (κ3) is 4.08. The molecule has 1 unspecified atom stereocenters. The molecule has 1 aliphatic heterocycles. The van der Waals surface area contributed by atoms with E-state index in [9.17, 15) is 4.79 Å². The Hall–Kier alpha value is -3.35. The van der Waals surface area contributed by atoms with Crippen LogP contribution in [0, 0.1) is 6.92 Å². The number of aromatic nitrogens is 2. The number of carbonyl (C=O) groups is 1. The Balaban J connectivity index is 1.52. The second-order valence-corrected chi connectivity index (χ2v) is 7.04. The number of hydrogen-bond acceptors (Lipinski definition) is 5. The van der Waals surface area contributed by atoms with Gasteiger partial charge < -0.3 is 19.5 Å². The van der Waals surface area contributed by atoms with E-state index in [1.54, 1.807) is 4.90 Å². The Morgan fingerprint density at radius 3 is 2.97 bits per heavy atom. The van der Waals surface area contributed by atoms with E-state index in [0.717, 1.165) is 24.0 Å². The van der Waals surface area contributed by atoms with Gasteiger partial charge in [0.2, 0.25) is 11.7 Å². The average Bonchev–Trinajstić information content (AvgIpc) is 3.39. The van der Waals surface area contributed by atoms with Crippen LogP contribution in [0.15, 0.2) is 53.1 Å². The van der Waals surface area contributed by atoms with E-state index in [1.165, 1.54) is 0 Å². The molecular weight excluding hydrogens is 368 g/mol. The summed E-state index contributed by atoms with van der Waals surface area (Å²) in [6.07, 6.45) is 1.67. The highest BCUT2D eigenvalue weighted by Crippen LogP contribution is 2.33. The molecule has 1 atom stereocenters. The first-order chi connectivity index (χ1) is 14.2. The molecule has 7 nitrogen and oxygen atoms in total. The molecule has 7 heteroatoms. The molecule has 1 aromatic heterocycles. The van der Waals surface area contributed by atoms with E-state index in [2.05, 4.69) is 15.5 Å². The summed E-state index contributed by atoms with van der Waals surface area (Å²) in [6, 6.07) is 14.9. The van der Waals surface area contributed by atoms with Crippen molar-refractivity contribution in [3.63, 3.8) is 0 Å². The van der Waals surface area contributed by atoms with Crippen molar-refractivity contribution in [2.45, 2.75) is 32.7 Å². The predicted molar refractivity (Wildman–Crippen MR) is 110 cm³/mol. The van der Waals surface area contributed by atoms with Gasteiger partial charge in [-0.15, -0.1) is 0 Å². The number of benzene rings is 2. The molecule has 4 rings (SSSR count). The molecule has 1 fully saturated rings. The molecule has 2 aromatic carbocycles. The monoisotopic (exact) mass is 392 g/mol. The molecule has 3 aromatic rings. The van der Waals surface area contributed by atoms with Gasteiger partial charge in [-0.25, -0.2) is 4.79 Å². The third-order valence-corrected chi connectivity index (χ3v) is 4.95. The lowest BCUT2D eigenvalue weighted by atomic mass is 10.1. The summed E-state index contributed by atoms with van der Waals surface area (Å²) in [5.41, 5.74) is 2.68. The molecule has 2 heterocycles. The number of likely N-dealkylation sites (tertiary alicyclic amines) is 1. The molecule has 29 heavy (non-hydrogen) atoms. The molecule has 0 spiro atoms. The number of carbonyl (C=O) groups excluding carboxylic acids is 1. The van der Waals surface area contributed by atoms with Crippen LogP contribution >= 0.6 is 0 Å². The van der Waals surface area contributed by atoms with Crippen LogP contribution in [0.1, 0.15) is 37.3 Å². The summed E-state index contributed by atoms with van der Waals surface area (Å²) < 4.78 is 11.1. The number of amides is 2. The van der Waals surface area contributed by atoms with Crippen LogP contribution in [0.25, 0.3) is 11.4 Å². The Morgan fingerprint density at radius 2 is 2.14 bits per heavy atom. The number of nitrogens with one attached hydrogen (secondary N) is 1. The minimum Gasteiger partial charge on any atom is -0.492 e. The summed E-state index contributed by atoms with van der Waals surface area (Å²) in [4.78, 5) is 19.3. The van der Waals surface area contributed by atoms with Gasteiger partial charge in [0, 0.05) is 12.1 Å². The maximum atomic E-state index is 12.9. The maximum absolute atomic E-state index is 12.9. The lowest BCUT2D eigenvalue weighted by molar-refractivity contribution is 0.193. The van der Waals surface area contributed by atoms with Crippen molar-refractivity contribution in [1.29, 1.82) is 0 Å². The van der Waals surface area contributed by atoms with Crippen LogP contribution in [-0.2, 0) is 0 Å². The van der Waals surface area contributed by atoms with E-state index in [1.807, 2.05) is 62.4 Å². The van der Waals surface area contributed by atoms with Crippen molar-refractivity contribution in [2.75, 3.05) is 18.5 Å². The summed E-state index contributed by atoms with van der Waals surface area (Å²) in [7, 11) is 0. The van der Waals surface area contributed by atoms with Crippen LogP contribution in [0.4, 0.5) is 10.5 Å². The maximum Gasteiger partial charge on any atom is 0.322 e. The summed E-state index contributed by atoms with van der Waals surface area (Å²) in [5.74, 6) is 1.66. The number of aryl methyl sites for hydroxylation is 1. The van der Waals surface area contributed by atoms with Crippen molar-refractivity contribution in [1.82, 2.24) is 15.0 Å². The van der Waals surface area contributed by atoms with Gasteiger partial charge in [0.25, 0.3) is 0 Å². The molecule has 0 aliphatic carbocycles. The fourth-order valence-electron chi connectivity index (χ4n) is 3.58. The SMILES string of the molecule is CCOc1ccccc1NC(=O)N1CCCC1c1nc(-c2cccc(C)c2)no1. The van der Waals surface area contributed by atoms with Gasteiger partial charge in [0.1, 0.15) is 11.8 Å². The second-order valence-electron chi connectivity index (χ2n) is 7.04. The highest BCUT2D eigenvalue weighted by atomic mass is 16.5. The van der Waals surface area contributed by atoms with Crippen molar-refractivity contribution in [2.24, 2.45) is 0 Å². The lowest BCUT2D eigenvalue weighted by Crippen LogP contribution is -2.34. The number of rotatable bonds is 5. The predicted octanol–water partition coefficient (Wildman–Crippen LogP) is 4.81. The van der Waals surface area contributed by atoms with Crippen molar-refractivity contribution in [3.8, 4) is 17.1 Å². The zero-order chi connectivity index (χ0) is 20.2. The first-order valence-corrected chi connectivity index (χ1v) is 9.86. The highest BCUT2D eigenvalue weighted by Gasteiger charge is 2.34. The largest absolute Gasteiger partial charge is 0.492 e. The Morgan fingerprint density at radius 1 is 1.28 bits per heavy atom. The van der Waals surface area contributed by atoms with Gasteiger partial charge in [0.05, 0.1) is 12.3 Å². The van der Waals surface area contributed by atoms with Crippen molar-refractivity contribution >= 4 is 11.7 Å². The Kier molecular flexibility index (Phi) is 5.46. The number of nitrogens with zero attached hydrogens (tertiary/aromatic N) is 3. The molecule has 0 bridgehead atoms. The van der Waals surface area contributed by atoms with E-state index in [4.69, 9.17) is 9.26 Å². The minimum atomic E-state index is -0.236. The van der Waals surface area contributed by atoms with Crippen LogP contribution in [0.3, 0.4) is 0 Å². The normalized spacial score (nSPS) is 16.1. The first kappa shape index (κ1) is 19.0. The fraction of sp³-hybridized carbons (Fsp3) is 0.318. The molecule has 0 radical (unpaired) electrons. The Bertz CT molecular complexity index is 1000. The van der Waals surface area contributed by atoms with Gasteiger partial charge in [-0.1, -0.05) is 41.1 Å². The van der Waals surface area contributed by atoms with Gasteiger partial charge in [-0.3, -0.25) is 0 Å². The van der Waals surface area contributed by atoms with Gasteiger partial charge in [-0.2, -0.15) is 4.98 Å². The first-order valence-electron chi connectivity index (χ1n) is 9.86.